The summed E-state index contributed by atoms with van der Waals surface area (Å²) in [5, 5.41) is 5.57. The third-order valence-electron chi connectivity index (χ3n) is 4.26. The highest BCUT2D eigenvalue weighted by atomic mass is 79.9. The largest absolute Gasteiger partial charge is 0.492 e. The highest BCUT2D eigenvalue weighted by Crippen LogP contribution is 2.26. The highest BCUT2D eigenvalue weighted by Gasteiger charge is 2.17. The third kappa shape index (κ3) is 7.27. The number of sulfonamides is 1. The van der Waals surface area contributed by atoms with Crippen LogP contribution in [0.5, 0.6) is 5.75 Å². The van der Waals surface area contributed by atoms with E-state index in [1.54, 1.807) is 30.3 Å². The minimum absolute atomic E-state index is 0.0987. The monoisotopic (exact) mass is 527 g/mol. The summed E-state index contributed by atoms with van der Waals surface area (Å²) < 4.78 is 31.8. The zero-order valence-corrected chi connectivity index (χ0v) is 21.0. The number of benzene rings is 2. The lowest BCUT2D eigenvalue weighted by molar-refractivity contribution is 0.0977. The van der Waals surface area contributed by atoms with Crippen molar-refractivity contribution in [3.8, 4) is 5.75 Å². The Balaban J connectivity index is 1.96. The molecule has 0 radical (unpaired) electrons. The fraction of sp³-hybridized carbons (Fsp3) is 0.333. The summed E-state index contributed by atoms with van der Waals surface area (Å²) >= 11 is 8.62. The second-order valence-electron chi connectivity index (χ2n) is 7.40. The van der Waals surface area contributed by atoms with Crippen molar-refractivity contribution in [3.63, 3.8) is 0 Å². The molecule has 0 saturated carbocycles. The van der Waals surface area contributed by atoms with Crippen LogP contribution in [0, 0.1) is 5.92 Å². The molecule has 0 aliphatic rings. The van der Waals surface area contributed by atoms with Crippen LogP contribution in [0.2, 0.25) is 0 Å². The predicted octanol–water partition coefficient (Wildman–Crippen LogP) is 4.25. The number of carbonyl (C=O) groups is 1. The number of nitrogens with one attached hydrogen (secondary N) is 2. The average molecular weight is 528 g/mol. The number of halogens is 1. The Morgan fingerprint density at radius 3 is 2.35 bits per heavy atom. The van der Waals surface area contributed by atoms with Crippen molar-refractivity contribution in [1.82, 2.24) is 9.62 Å². The molecule has 2 rings (SSSR count). The van der Waals surface area contributed by atoms with Gasteiger partial charge in [0.1, 0.15) is 5.75 Å². The summed E-state index contributed by atoms with van der Waals surface area (Å²) in [7, 11) is -0.573. The third-order valence-corrected chi connectivity index (χ3v) is 6.92. The molecule has 0 heterocycles. The molecule has 2 N–H and O–H groups in total. The lowest BCUT2D eigenvalue weighted by atomic mass is 10.1. The van der Waals surface area contributed by atoms with Gasteiger partial charge in [0.15, 0.2) is 5.11 Å². The van der Waals surface area contributed by atoms with Crippen molar-refractivity contribution in [2.75, 3.05) is 26.0 Å². The van der Waals surface area contributed by atoms with Gasteiger partial charge in [0.25, 0.3) is 5.91 Å². The molecule has 31 heavy (non-hydrogen) atoms. The van der Waals surface area contributed by atoms with Gasteiger partial charge in [0.05, 0.1) is 16.0 Å². The van der Waals surface area contributed by atoms with Gasteiger partial charge in [-0.3, -0.25) is 10.1 Å². The van der Waals surface area contributed by atoms with Crippen LogP contribution in [0.4, 0.5) is 5.69 Å². The van der Waals surface area contributed by atoms with Crippen LogP contribution >= 0.6 is 28.1 Å². The van der Waals surface area contributed by atoms with Gasteiger partial charge < -0.3 is 10.1 Å². The number of rotatable bonds is 8. The van der Waals surface area contributed by atoms with E-state index in [4.69, 9.17) is 17.0 Å². The van der Waals surface area contributed by atoms with Crippen molar-refractivity contribution < 1.29 is 17.9 Å². The Morgan fingerprint density at radius 2 is 1.81 bits per heavy atom. The SMILES string of the molecule is CC(C)CCOc1ccc(C(=O)NC(=S)Nc2ccc(S(=O)(=O)N(C)C)cc2)cc1Br. The van der Waals surface area contributed by atoms with E-state index < -0.39 is 10.0 Å². The molecule has 0 saturated heterocycles. The van der Waals surface area contributed by atoms with Crippen molar-refractivity contribution >= 4 is 54.9 Å². The van der Waals surface area contributed by atoms with E-state index in [2.05, 4.69) is 40.4 Å². The first kappa shape index (κ1) is 25.3. The number of hydrogen-bond donors (Lipinski definition) is 2. The van der Waals surface area contributed by atoms with Gasteiger partial charge in [0.2, 0.25) is 10.0 Å². The van der Waals surface area contributed by atoms with Gasteiger partial charge in [-0.25, -0.2) is 12.7 Å². The molecule has 0 unspecified atom stereocenters. The van der Waals surface area contributed by atoms with Crippen LogP contribution in [0.15, 0.2) is 51.8 Å². The molecular weight excluding hydrogens is 502 g/mol. The van der Waals surface area contributed by atoms with Crippen LogP contribution in [0.25, 0.3) is 0 Å². The van der Waals surface area contributed by atoms with E-state index in [1.807, 2.05) is 0 Å². The number of thiocarbonyl (C=S) groups is 1. The van der Waals surface area contributed by atoms with Gasteiger partial charge in [-0.15, -0.1) is 0 Å². The normalized spacial score (nSPS) is 11.5. The minimum Gasteiger partial charge on any atom is -0.492 e. The number of ether oxygens (including phenoxy) is 1. The first-order chi connectivity index (χ1) is 14.5. The van der Waals surface area contributed by atoms with Crippen LogP contribution in [-0.2, 0) is 10.0 Å². The van der Waals surface area contributed by atoms with E-state index in [0.29, 0.717) is 34.0 Å². The molecule has 10 heteroatoms. The summed E-state index contributed by atoms with van der Waals surface area (Å²) in [4.78, 5) is 12.7. The number of hydrogen-bond acceptors (Lipinski definition) is 5. The van der Waals surface area contributed by atoms with E-state index >= 15 is 0 Å². The Labute approximate surface area is 197 Å². The maximum atomic E-state index is 12.5. The van der Waals surface area contributed by atoms with Crippen molar-refractivity contribution in [3.05, 3.63) is 52.5 Å². The van der Waals surface area contributed by atoms with Gasteiger partial charge in [-0.05, 0) is 83.0 Å². The molecular formula is C21H26BrN3O4S2. The molecule has 168 valence electrons. The zero-order valence-electron chi connectivity index (χ0n) is 17.8. The van der Waals surface area contributed by atoms with E-state index in [1.165, 1.54) is 26.2 Å². The summed E-state index contributed by atoms with van der Waals surface area (Å²) in [5.41, 5.74) is 0.970. The van der Waals surface area contributed by atoms with Crippen LogP contribution in [0.1, 0.15) is 30.6 Å². The number of amides is 1. The summed E-state index contributed by atoms with van der Waals surface area (Å²) in [6, 6.07) is 11.2. The summed E-state index contributed by atoms with van der Waals surface area (Å²) in [5.74, 6) is 0.843. The maximum absolute atomic E-state index is 12.5. The van der Waals surface area contributed by atoms with Crippen molar-refractivity contribution in [2.24, 2.45) is 5.92 Å². The number of nitrogens with zero attached hydrogens (tertiary/aromatic N) is 1. The van der Waals surface area contributed by atoms with E-state index in [0.717, 1.165) is 10.7 Å². The molecule has 0 spiro atoms. The smallest absolute Gasteiger partial charge is 0.257 e. The molecule has 0 aliphatic heterocycles. The predicted molar refractivity (Wildman–Crippen MR) is 130 cm³/mol. The lowest BCUT2D eigenvalue weighted by Crippen LogP contribution is -2.34. The molecule has 0 aromatic heterocycles. The number of carbonyl (C=O) groups excluding carboxylic acids is 1. The second-order valence-corrected chi connectivity index (χ2v) is 10.8. The van der Waals surface area contributed by atoms with Gasteiger partial charge >= 0.3 is 0 Å². The molecule has 1 amide bonds. The van der Waals surface area contributed by atoms with Crippen LogP contribution < -0.4 is 15.4 Å². The summed E-state index contributed by atoms with van der Waals surface area (Å²) in [6.45, 7) is 4.86. The Hall–Kier alpha value is -2.01. The van der Waals surface area contributed by atoms with E-state index in [9.17, 15) is 13.2 Å². The fourth-order valence-electron chi connectivity index (χ4n) is 2.42. The first-order valence-corrected chi connectivity index (χ1v) is 12.2. The van der Waals surface area contributed by atoms with Gasteiger partial charge in [-0.2, -0.15) is 0 Å². The first-order valence-electron chi connectivity index (χ1n) is 9.58. The molecule has 0 aliphatic carbocycles. The standard InChI is InChI=1S/C21H26BrN3O4S2/c1-14(2)11-12-29-19-10-5-15(13-18(19)22)20(26)24-21(30)23-16-6-8-17(9-7-16)31(27,28)25(3)4/h5-10,13-14H,11-12H2,1-4H3,(H2,23,24,26,30). The Morgan fingerprint density at radius 1 is 1.16 bits per heavy atom. The minimum atomic E-state index is -3.51. The van der Waals surface area contributed by atoms with Gasteiger partial charge in [-0.1, -0.05) is 13.8 Å². The molecule has 2 aromatic carbocycles. The summed E-state index contributed by atoms with van der Waals surface area (Å²) in [6.07, 6.45) is 0.941. The van der Waals surface area contributed by atoms with Crippen molar-refractivity contribution in [2.45, 2.75) is 25.2 Å². The van der Waals surface area contributed by atoms with E-state index in [-0.39, 0.29) is 15.9 Å². The average Bonchev–Trinajstić information content (AvgIpc) is 2.69. The topological polar surface area (TPSA) is 87.7 Å². The van der Waals surface area contributed by atoms with Crippen LogP contribution in [-0.4, -0.2) is 44.4 Å². The molecule has 0 atom stereocenters. The Kier molecular flexibility index (Phi) is 8.99. The lowest BCUT2D eigenvalue weighted by Gasteiger charge is -2.13. The molecule has 0 fully saturated rings. The highest BCUT2D eigenvalue weighted by molar-refractivity contribution is 9.10. The quantitative estimate of drug-likeness (QED) is 0.499. The van der Waals surface area contributed by atoms with Gasteiger partial charge in [0, 0.05) is 25.3 Å². The fourth-order valence-corrected chi connectivity index (χ4v) is 4.03. The molecule has 2 aromatic rings. The van der Waals surface area contributed by atoms with Crippen molar-refractivity contribution in [1.29, 1.82) is 0 Å². The van der Waals surface area contributed by atoms with Crippen LogP contribution in [0.3, 0.4) is 0 Å². The second kappa shape index (κ2) is 11.0. The zero-order chi connectivity index (χ0) is 23.2. The Bertz CT molecular complexity index is 1040. The maximum Gasteiger partial charge on any atom is 0.257 e. The number of anilines is 1. The molecule has 0 bridgehead atoms. The molecule has 7 nitrogen and oxygen atoms in total.